The number of anilines is 1. The van der Waals surface area contributed by atoms with Crippen LogP contribution in [0.15, 0.2) is 29.2 Å². The molecule has 25 heavy (non-hydrogen) atoms. The minimum absolute atomic E-state index is 0. The van der Waals surface area contributed by atoms with Crippen LogP contribution in [-0.4, -0.2) is 41.7 Å². The molecule has 1 heterocycles. The SMILES string of the molecule is CCCCS(=O)(=O)Nc1ccc(S(=O)(=O)NC2CCNCC2)cc1.Cl. The minimum Gasteiger partial charge on any atom is -0.317 e. The van der Waals surface area contributed by atoms with E-state index in [9.17, 15) is 16.8 Å². The van der Waals surface area contributed by atoms with Crippen molar-refractivity contribution in [3.05, 3.63) is 24.3 Å². The first-order chi connectivity index (χ1) is 11.3. The number of sulfonamides is 2. The van der Waals surface area contributed by atoms with Gasteiger partial charge in [0.2, 0.25) is 20.0 Å². The van der Waals surface area contributed by atoms with Gasteiger partial charge in [0.25, 0.3) is 0 Å². The van der Waals surface area contributed by atoms with Crippen molar-refractivity contribution < 1.29 is 16.8 Å². The van der Waals surface area contributed by atoms with E-state index in [2.05, 4.69) is 14.8 Å². The molecule has 1 saturated heterocycles. The molecule has 0 saturated carbocycles. The van der Waals surface area contributed by atoms with Gasteiger partial charge in [-0.25, -0.2) is 21.6 Å². The summed E-state index contributed by atoms with van der Waals surface area (Å²) in [5.41, 5.74) is 0.368. The average Bonchev–Trinajstić information content (AvgIpc) is 2.54. The highest BCUT2D eigenvalue weighted by Gasteiger charge is 2.21. The predicted molar refractivity (Wildman–Crippen MR) is 102 cm³/mol. The van der Waals surface area contributed by atoms with Crippen LogP contribution >= 0.6 is 12.4 Å². The van der Waals surface area contributed by atoms with Crippen molar-refractivity contribution in [1.82, 2.24) is 10.0 Å². The maximum absolute atomic E-state index is 12.4. The average molecular weight is 412 g/mol. The van der Waals surface area contributed by atoms with Crippen molar-refractivity contribution in [2.75, 3.05) is 23.6 Å². The Bertz CT molecular complexity index is 731. The van der Waals surface area contributed by atoms with Crippen LogP contribution in [0, 0.1) is 0 Å². The van der Waals surface area contributed by atoms with Gasteiger partial charge in [0.1, 0.15) is 0 Å². The fourth-order valence-corrected chi connectivity index (χ4v) is 5.07. The standard InChI is InChI=1S/C15H25N3O4S2.ClH/c1-2-3-12-23(19,20)17-13-4-6-15(7-5-13)24(21,22)18-14-8-10-16-11-9-14;/h4-7,14,16-18H,2-3,8-12H2,1H3;1H. The summed E-state index contributed by atoms with van der Waals surface area (Å²) in [5, 5.41) is 3.18. The number of rotatable bonds is 8. The van der Waals surface area contributed by atoms with Gasteiger partial charge in [-0.3, -0.25) is 4.72 Å². The number of halogens is 1. The van der Waals surface area contributed by atoms with Crippen molar-refractivity contribution in [1.29, 1.82) is 0 Å². The highest BCUT2D eigenvalue weighted by atomic mass is 35.5. The van der Waals surface area contributed by atoms with Crippen LogP contribution in [0.4, 0.5) is 5.69 Å². The van der Waals surface area contributed by atoms with Gasteiger partial charge in [0, 0.05) is 11.7 Å². The van der Waals surface area contributed by atoms with E-state index in [1.807, 2.05) is 6.92 Å². The van der Waals surface area contributed by atoms with Gasteiger partial charge in [0.15, 0.2) is 0 Å². The van der Waals surface area contributed by atoms with Crippen molar-refractivity contribution in [3.63, 3.8) is 0 Å². The van der Waals surface area contributed by atoms with Crippen LogP contribution in [0.1, 0.15) is 32.6 Å². The third kappa shape index (κ3) is 7.10. The third-order valence-electron chi connectivity index (χ3n) is 3.87. The molecular formula is C15H26ClN3O4S2. The molecule has 1 fully saturated rings. The maximum atomic E-state index is 12.4. The molecule has 0 amide bonds. The van der Waals surface area contributed by atoms with Gasteiger partial charge in [-0.15, -0.1) is 12.4 Å². The number of hydrogen-bond acceptors (Lipinski definition) is 5. The lowest BCUT2D eigenvalue weighted by Gasteiger charge is -2.23. The lowest BCUT2D eigenvalue weighted by atomic mass is 10.1. The second-order valence-electron chi connectivity index (χ2n) is 5.94. The monoisotopic (exact) mass is 411 g/mol. The van der Waals surface area contributed by atoms with Gasteiger partial charge >= 0.3 is 0 Å². The molecule has 0 bridgehead atoms. The topological polar surface area (TPSA) is 104 Å². The molecule has 0 aliphatic carbocycles. The fraction of sp³-hybridized carbons (Fsp3) is 0.600. The van der Waals surface area contributed by atoms with Crippen LogP contribution in [-0.2, 0) is 20.0 Å². The Hall–Kier alpha value is -0.870. The fourth-order valence-electron chi connectivity index (χ4n) is 2.49. The zero-order chi connectivity index (χ0) is 17.6. The summed E-state index contributed by atoms with van der Waals surface area (Å²) in [5.74, 6) is 0.0564. The molecule has 7 nitrogen and oxygen atoms in total. The van der Waals surface area contributed by atoms with E-state index in [0.717, 1.165) is 32.4 Å². The van der Waals surface area contributed by atoms with Crippen molar-refractivity contribution in [2.24, 2.45) is 0 Å². The summed E-state index contributed by atoms with van der Waals surface area (Å²) in [6.07, 6.45) is 2.89. The Morgan fingerprint density at radius 3 is 2.24 bits per heavy atom. The molecule has 1 aliphatic heterocycles. The molecule has 0 radical (unpaired) electrons. The molecule has 0 spiro atoms. The largest absolute Gasteiger partial charge is 0.317 e. The Balaban J connectivity index is 0.00000312. The molecule has 144 valence electrons. The highest BCUT2D eigenvalue weighted by molar-refractivity contribution is 7.92. The predicted octanol–water partition coefficient (Wildman–Crippen LogP) is 1.68. The van der Waals surface area contributed by atoms with Crippen LogP contribution < -0.4 is 14.8 Å². The van der Waals surface area contributed by atoms with E-state index >= 15 is 0 Å². The second kappa shape index (κ2) is 9.72. The first-order valence-corrected chi connectivity index (χ1v) is 11.3. The number of unbranched alkanes of at least 4 members (excludes halogenated alkanes) is 1. The third-order valence-corrected chi connectivity index (χ3v) is 6.77. The summed E-state index contributed by atoms with van der Waals surface area (Å²) < 4.78 is 53.6. The van der Waals surface area contributed by atoms with Crippen LogP contribution in [0.2, 0.25) is 0 Å². The van der Waals surface area contributed by atoms with E-state index < -0.39 is 20.0 Å². The van der Waals surface area contributed by atoms with E-state index in [-0.39, 0.29) is 29.1 Å². The Labute approximate surface area is 156 Å². The zero-order valence-corrected chi connectivity index (χ0v) is 16.6. The number of benzene rings is 1. The van der Waals surface area contributed by atoms with Gasteiger partial charge in [0.05, 0.1) is 10.6 Å². The quantitative estimate of drug-likeness (QED) is 0.603. The normalized spacial score (nSPS) is 16.2. The van der Waals surface area contributed by atoms with Gasteiger partial charge in [-0.05, 0) is 56.6 Å². The first kappa shape index (κ1) is 22.2. The molecule has 10 heteroatoms. The molecule has 0 atom stereocenters. The smallest absolute Gasteiger partial charge is 0.240 e. The van der Waals surface area contributed by atoms with Crippen LogP contribution in [0.5, 0.6) is 0 Å². The minimum atomic E-state index is -3.59. The first-order valence-electron chi connectivity index (χ1n) is 8.16. The van der Waals surface area contributed by atoms with E-state index in [1.165, 1.54) is 24.3 Å². The molecule has 1 aromatic carbocycles. The number of nitrogens with one attached hydrogen (secondary N) is 3. The van der Waals surface area contributed by atoms with Gasteiger partial charge in [-0.1, -0.05) is 13.3 Å². The zero-order valence-electron chi connectivity index (χ0n) is 14.2. The summed E-state index contributed by atoms with van der Waals surface area (Å²) >= 11 is 0. The van der Waals surface area contributed by atoms with E-state index in [1.54, 1.807) is 0 Å². The molecule has 3 N–H and O–H groups in total. The van der Waals surface area contributed by atoms with Crippen LogP contribution in [0.3, 0.4) is 0 Å². The molecule has 1 aromatic rings. The lowest BCUT2D eigenvalue weighted by molar-refractivity contribution is 0.427. The van der Waals surface area contributed by atoms with Crippen molar-refractivity contribution in [3.8, 4) is 0 Å². The summed E-state index contributed by atoms with van der Waals surface area (Å²) in [6.45, 7) is 3.52. The van der Waals surface area contributed by atoms with Crippen molar-refractivity contribution in [2.45, 2.75) is 43.5 Å². The van der Waals surface area contributed by atoms with E-state index in [0.29, 0.717) is 12.1 Å². The highest BCUT2D eigenvalue weighted by Crippen LogP contribution is 2.17. The molecule has 1 aliphatic rings. The second-order valence-corrected chi connectivity index (χ2v) is 9.50. The van der Waals surface area contributed by atoms with Crippen molar-refractivity contribution >= 4 is 38.1 Å². The van der Waals surface area contributed by atoms with Gasteiger partial charge < -0.3 is 5.32 Å². The Morgan fingerprint density at radius 2 is 1.68 bits per heavy atom. The van der Waals surface area contributed by atoms with Crippen LogP contribution in [0.25, 0.3) is 0 Å². The molecule has 0 unspecified atom stereocenters. The maximum Gasteiger partial charge on any atom is 0.240 e. The van der Waals surface area contributed by atoms with E-state index in [4.69, 9.17) is 0 Å². The summed E-state index contributed by atoms with van der Waals surface area (Å²) in [6, 6.07) is 5.71. The lowest BCUT2D eigenvalue weighted by Crippen LogP contribution is -2.42. The molecular weight excluding hydrogens is 386 g/mol. The summed E-state index contributed by atoms with van der Waals surface area (Å²) in [7, 11) is -6.98. The van der Waals surface area contributed by atoms with Gasteiger partial charge in [-0.2, -0.15) is 0 Å². The Morgan fingerprint density at radius 1 is 1.08 bits per heavy atom. The Kier molecular flexibility index (Phi) is 8.62. The number of hydrogen-bond donors (Lipinski definition) is 3. The molecule has 0 aromatic heterocycles. The molecule has 2 rings (SSSR count). The summed E-state index contributed by atoms with van der Waals surface area (Å²) in [4.78, 5) is 0.137. The number of piperidine rings is 1.